The molecule has 0 atom stereocenters. The van der Waals surface area contributed by atoms with Gasteiger partial charge < -0.3 is 4.74 Å². The maximum atomic E-state index is 5.89. The van der Waals surface area contributed by atoms with Crippen LogP contribution in [0.5, 0.6) is 11.5 Å². The van der Waals surface area contributed by atoms with Crippen molar-refractivity contribution in [2.75, 3.05) is 0 Å². The first-order valence-electron chi connectivity index (χ1n) is 7.03. The first-order chi connectivity index (χ1) is 11.2. The minimum atomic E-state index is 0.673. The molecule has 23 heavy (non-hydrogen) atoms. The van der Waals surface area contributed by atoms with Crippen molar-refractivity contribution in [3.8, 4) is 11.5 Å². The number of halogens is 2. The summed E-state index contributed by atoms with van der Waals surface area (Å²) in [6.45, 7) is 0. The van der Waals surface area contributed by atoms with Gasteiger partial charge in [0.25, 0.3) is 0 Å². The molecule has 114 valence electrons. The minimum Gasteiger partial charge on any atom is -0.455 e. The molecule has 0 fully saturated rings. The summed E-state index contributed by atoms with van der Waals surface area (Å²) in [6, 6.07) is 22.3. The molecular weight excluding hydrogens is 329 g/mol. The highest BCUT2D eigenvalue weighted by molar-refractivity contribution is 6.30. The van der Waals surface area contributed by atoms with Crippen LogP contribution in [0.2, 0.25) is 10.0 Å². The number of hydrogen-bond acceptors (Lipinski definition) is 2. The molecule has 0 radical (unpaired) electrons. The van der Waals surface area contributed by atoms with Gasteiger partial charge in [0.2, 0.25) is 0 Å². The number of hydrogen-bond donors (Lipinski definition) is 0. The Balaban J connectivity index is 1.82. The first kappa shape index (κ1) is 15.6. The van der Waals surface area contributed by atoms with Crippen LogP contribution in [0.15, 0.2) is 77.8 Å². The van der Waals surface area contributed by atoms with Gasteiger partial charge >= 0.3 is 0 Å². The van der Waals surface area contributed by atoms with Crippen LogP contribution in [0.1, 0.15) is 5.56 Å². The Morgan fingerprint density at radius 2 is 1.35 bits per heavy atom. The van der Waals surface area contributed by atoms with Crippen molar-refractivity contribution in [2.45, 2.75) is 0 Å². The SMILES string of the molecule is Clc1ccc(C=Nc2ccccc2Oc2ccc(Cl)cc2)cc1. The number of aliphatic imine (C=N–C) groups is 1. The lowest BCUT2D eigenvalue weighted by Crippen LogP contribution is -1.85. The van der Waals surface area contributed by atoms with Crippen molar-refractivity contribution < 1.29 is 4.74 Å². The van der Waals surface area contributed by atoms with Gasteiger partial charge in [-0.15, -0.1) is 0 Å². The van der Waals surface area contributed by atoms with Gasteiger partial charge in [0.15, 0.2) is 5.75 Å². The van der Waals surface area contributed by atoms with E-state index in [-0.39, 0.29) is 0 Å². The van der Waals surface area contributed by atoms with E-state index in [1.165, 1.54) is 0 Å². The van der Waals surface area contributed by atoms with Gasteiger partial charge in [-0.2, -0.15) is 0 Å². The molecule has 4 heteroatoms. The zero-order valence-corrected chi connectivity index (χ0v) is 13.6. The number of para-hydroxylation sites is 2. The molecular formula is C19H13Cl2NO. The van der Waals surface area contributed by atoms with E-state index in [0.717, 1.165) is 11.3 Å². The van der Waals surface area contributed by atoms with Crippen molar-refractivity contribution in [3.05, 3.63) is 88.4 Å². The Hall–Kier alpha value is -2.29. The predicted octanol–water partition coefficient (Wildman–Crippen LogP) is 6.54. The van der Waals surface area contributed by atoms with Crippen LogP contribution in [-0.4, -0.2) is 6.21 Å². The first-order valence-corrected chi connectivity index (χ1v) is 7.78. The third-order valence-corrected chi connectivity index (χ3v) is 3.63. The molecule has 0 aliphatic rings. The predicted molar refractivity (Wildman–Crippen MR) is 96.7 cm³/mol. The van der Waals surface area contributed by atoms with Gasteiger partial charge in [-0.1, -0.05) is 47.5 Å². The van der Waals surface area contributed by atoms with E-state index in [4.69, 9.17) is 27.9 Å². The zero-order valence-electron chi connectivity index (χ0n) is 12.1. The van der Waals surface area contributed by atoms with Gasteiger partial charge in [0.1, 0.15) is 11.4 Å². The normalized spacial score (nSPS) is 10.9. The van der Waals surface area contributed by atoms with Gasteiger partial charge in [-0.05, 0) is 54.1 Å². The van der Waals surface area contributed by atoms with Crippen LogP contribution in [0.4, 0.5) is 5.69 Å². The summed E-state index contributed by atoms with van der Waals surface area (Å²) in [4.78, 5) is 4.50. The van der Waals surface area contributed by atoms with Crippen LogP contribution in [0.25, 0.3) is 0 Å². The van der Waals surface area contributed by atoms with Crippen molar-refractivity contribution in [2.24, 2.45) is 4.99 Å². The molecule has 0 aliphatic heterocycles. The molecule has 0 saturated carbocycles. The quantitative estimate of drug-likeness (QED) is 0.494. The highest BCUT2D eigenvalue weighted by Gasteiger charge is 2.03. The van der Waals surface area contributed by atoms with Crippen LogP contribution in [-0.2, 0) is 0 Å². The van der Waals surface area contributed by atoms with E-state index in [0.29, 0.717) is 21.5 Å². The Morgan fingerprint density at radius 1 is 0.739 bits per heavy atom. The number of rotatable bonds is 4. The van der Waals surface area contributed by atoms with Crippen molar-refractivity contribution in [3.63, 3.8) is 0 Å². The number of nitrogens with zero attached hydrogens (tertiary/aromatic N) is 1. The minimum absolute atomic E-state index is 0.673. The van der Waals surface area contributed by atoms with E-state index >= 15 is 0 Å². The Kier molecular flexibility index (Phi) is 4.96. The Morgan fingerprint density at radius 3 is 2.04 bits per heavy atom. The van der Waals surface area contributed by atoms with Crippen LogP contribution in [0.3, 0.4) is 0 Å². The maximum absolute atomic E-state index is 5.89. The molecule has 0 aliphatic carbocycles. The molecule has 0 bridgehead atoms. The van der Waals surface area contributed by atoms with Crippen LogP contribution < -0.4 is 4.74 Å². The average molecular weight is 342 g/mol. The molecule has 3 aromatic carbocycles. The lowest BCUT2D eigenvalue weighted by atomic mass is 10.2. The van der Waals surface area contributed by atoms with Gasteiger partial charge in [-0.25, -0.2) is 0 Å². The number of ether oxygens (including phenoxy) is 1. The van der Waals surface area contributed by atoms with Crippen molar-refractivity contribution >= 4 is 35.1 Å². The summed E-state index contributed by atoms with van der Waals surface area (Å²) >= 11 is 11.8. The average Bonchev–Trinajstić information content (AvgIpc) is 2.58. The third kappa shape index (κ3) is 4.35. The largest absolute Gasteiger partial charge is 0.455 e. The summed E-state index contributed by atoms with van der Waals surface area (Å²) in [6.07, 6.45) is 1.78. The van der Waals surface area contributed by atoms with Gasteiger partial charge in [0.05, 0.1) is 0 Å². The number of benzene rings is 3. The Labute approximate surface area is 145 Å². The molecule has 3 rings (SSSR count). The molecule has 0 amide bonds. The molecule has 0 saturated heterocycles. The lowest BCUT2D eigenvalue weighted by Gasteiger charge is -2.08. The monoisotopic (exact) mass is 341 g/mol. The summed E-state index contributed by atoms with van der Waals surface area (Å²) in [7, 11) is 0. The summed E-state index contributed by atoms with van der Waals surface area (Å²) < 4.78 is 5.88. The fourth-order valence-corrected chi connectivity index (χ4v) is 2.22. The van der Waals surface area contributed by atoms with E-state index < -0.39 is 0 Å². The summed E-state index contributed by atoms with van der Waals surface area (Å²) in [5.41, 5.74) is 1.72. The van der Waals surface area contributed by atoms with E-state index in [1.807, 2.05) is 60.7 Å². The fourth-order valence-electron chi connectivity index (χ4n) is 1.97. The molecule has 0 aromatic heterocycles. The second-order valence-electron chi connectivity index (χ2n) is 4.83. The second-order valence-corrected chi connectivity index (χ2v) is 5.71. The van der Waals surface area contributed by atoms with Gasteiger partial charge in [-0.3, -0.25) is 4.99 Å². The molecule has 3 aromatic rings. The summed E-state index contributed by atoms with van der Waals surface area (Å²) in [5, 5.41) is 1.38. The van der Waals surface area contributed by atoms with E-state index in [9.17, 15) is 0 Å². The van der Waals surface area contributed by atoms with Gasteiger partial charge in [0, 0.05) is 16.3 Å². The standard InChI is InChI=1S/C19H13Cl2NO/c20-15-7-5-14(6-8-15)13-22-18-3-1-2-4-19(18)23-17-11-9-16(21)10-12-17/h1-13H. The molecule has 0 unspecified atom stereocenters. The molecule has 0 heterocycles. The molecule has 2 nitrogen and oxygen atoms in total. The van der Waals surface area contributed by atoms with E-state index in [1.54, 1.807) is 18.3 Å². The van der Waals surface area contributed by atoms with Crippen molar-refractivity contribution in [1.29, 1.82) is 0 Å². The Bertz CT molecular complexity index is 812. The second kappa shape index (κ2) is 7.32. The van der Waals surface area contributed by atoms with Crippen LogP contribution in [0, 0.1) is 0 Å². The maximum Gasteiger partial charge on any atom is 0.153 e. The highest BCUT2D eigenvalue weighted by atomic mass is 35.5. The third-order valence-electron chi connectivity index (χ3n) is 3.13. The molecule has 0 N–H and O–H groups in total. The lowest BCUT2D eigenvalue weighted by molar-refractivity contribution is 0.484. The summed E-state index contributed by atoms with van der Waals surface area (Å²) in [5.74, 6) is 1.39. The topological polar surface area (TPSA) is 21.6 Å². The smallest absolute Gasteiger partial charge is 0.153 e. The van der Waals surface area contributed by atoms with E-state index in [2.05, 4.69) is 4.99 Å². The highest BCUT2D eigenvalue weighted by Crippen LogP contribution is 2.31. The van der Waals surface area contributed by atoms with Crippen LogP contribution >= 0.6 is 23.2 Å². The zero-order chi connectivity index (χ0) is 16.1. The van der Waals surface area contributed by atoms with Crippen molar-refractivity contribution in [1.82, 2.24) is 0 Å². The molecule has 0 spiro atoms. The fraction of sp³-hybridized carbons (Fsp3) is 0.